The Bertz CT molecular complexity index is 326. The number of hydrogen-bond donors (Lipinski definition) is 1. The molecule has 62 valence electrons. The van der Waals surface area contributed by atoms with E-state index in [4.69, 9.17) is 5.26 Å². The zero-order valence-electron chi connectivity index (χ0n) is 7.07. The van der Waals surface area contributed by atoms with Crippen LogP contribution in [0.25, 0.3) is 0 Å². The third kappa shape index (κ3) is 1.67. The van der Waals surface area contributed by atoms with Crippen LogP contribution in [0.5, 0.6) is 5.75 Å². The van der Waals surface area contributed by atoms with Crippen molar-refractivity contribution in [3.8, 4) is 11.8 Å². The lowest BCUT2D eigenvalue weighted by Crippen LogP contribution is -2.08. The summed E-state index contributed by atoms with van der Waals surface area (Å²) in [4.78, 5) is 1.83. The number of phenols is 1. The normalized spacial score (nSPS) is 9.08. The molecule has 0 heterocycles. The summed E-state index contributed by atoms with van der Waals surface area (Å²) < 4.78 is 0. The minimum Gasteiger partial charge on any atom is -0.508 e. The van der Waals surface area contributed by atoms with Gasteiger partial charge < -0.3 is 10.0 Å². The topological polar surface area (TPSA) is 47.3 Å². The lowest BCUT2D eigenvalue weighted by Gasteiger charge is -2.12. The van der Waals surface area contributed by atoms with E-state index in [0.717, 1.165) is 5.69 Å². The van der Waals surface area contributed by atoms with E-state index in [1.54, 1.807) is 12.1 Å². The van der Waals surface area contributed by atoms with Gasteiger partial charge in [0.05, 0.1) is 11.6 Å². The van der Waals surface area contributed by atoms with Gasteiger partial charge in [-0.05, 0) is 12.1 Å². The monoisotopic (exact) mass is 162 g/mol. The second-order valence-electron chi connectivity index (χ2n) is 2.74. The Morgan fingerprint density at radius 1 is 1.33 bits per heavy atom. The van der Waals surface area contributed by atoms with Crippen LogP contribution < -0.4 is 4.90 Å². The van der Waals surface area contributed by atoms with Crippen molar-refractivity contribution in [1.82, 2.24) is 0 Å². The lowest BCUT2D eigenvalue weighted by molar-refractivity contribution is 0.475. The molecule has 0 saturated carbocycles. The predicted molar refractivity (Wildman–Crippen MR) is 47.1 cm³/mol. The van der Waals surface area contributed by atoms with E-state index < -0.39 is 0 Å². The predicted octanol–water partition coefficient (Wildman–Crippen LogP) is 1.33. The first kappa shape index (κ1) is 8.41. The van der Waals surface area contributed by atoms with Crippen LogP contribution in [-0.2, 0) is 0 Å². The zero-order valence-corrected chi connectivity index (χ0v) is 7.07. The second-order valence-corrected chi connectivity index (χ2v) is 2.74. The van der Waals surface area contributed by atoms with Crippen molar-refractivity contribution in [1.29, 1.82) is 5.26 Å². The van der Waals surface area contributed by atoms with Crippen molar-refractivity contribution in [2.75, 3.05) is 19.0 Å². The molecule has 0 aliphatic rings. The molecule has 12 heavy (non-hydrogen) atoms. The SMILES string of the molecule is CN(C)c1cc(O)cc(C#N)c1. The maximum atomic E-state index is 9.20. The van der Waals surface area contributed by atoms with E-state index >= 15 is 0 Å². The van der Waals surface area contributed by atoms with Crippen LogP contribution in [0.2, 0.25) is 0 Å². The molecule has 0 bridgehead atoms. The number of nitrogens with zero attached hydrogens (tertiary/aromatic N) is 2. The van der Waals surface area contributed by atoms with Crippen molar-refractivity contribution < 1.29 is 5.11 Å². The smallest absolute Gasteiger partial charge is 0.118 e. The first-order valence-electron chi connectivity index (χ1n) is 3.55. The number of aromatic hydroxyl groups is 1. The molecule has 0 aromatic heterocycles. The quantitative estimate of drug-likeness (QED) is 0.677. The highest BCUT2D eigenvalue weighted by Crippen LogP contribution is 2.20. The van der Waals surface area contributed by atoms with Gasteiger partial charge in [-0.2, -0.15) is 5.26 Å². The number of anilines is 1. The number of hydrogen-bond acceptors (Lipinski definition) is 3. The molecule has 1 aromatic rings. The molecule has 0 spiro atoms. The number of nitriles is 1. The van der Waals surface area contributed by atoms with Gasteiger partial charge in [0, 0.05) is 25.8 Å². The zero-order chi connectivity index (χ0) is 9.14. The van der Waals surface area contributed by atoms with Crippen molar-refractivity contribution in [2.24, 2.45) is 0 Å². The fourth-order valence-corrected chi connectivity index (χ4v) is 0.918. The number of rotatable bonds is 1. The second kappa shape index (κ2) is 3.14. The van der Waals surface area contributed by atoms with E-state index in [9.17, 15) is 5.11 Å². The highest BCUT2D eigenvalue weighted by Gasteiger charge is 2.00. The molecule has 0 aliphatic carbocycles. The Hall–Kier alpha value is -1.69. The molecular formula is C9H10N2O. The van der Waals surface area contributed by atoms with Gasteiger partial charge in [-0.3, -0.25) is 0 Å². The van der Waals surface area contributed by atoms with Crippen LogP contribution in [0, 0.1) is 11.3 Å². The molecule has 0 amide bonds. The van der Waals surface area contributed by atoms with Crippen LogP contribution in [0.4, 0.5) is 5.69 Å². The fourth-order valence-electron chi connectivity index (χ4n) is 0.918. The largest absolute Gasteiger partial charge is 0.508 e. The first-order chi connectivity index (χ1) is 5.63. The molecular weight excluding hydrogens is 152 g/mol. The summed E-state index contributed by atoms with van der Waals surface area (Å²) in [5, 5.41) is 17.8. The third-order valence-corrected chi connectivity index (χ3v) is 1.55. The molecule has 0 radical (unpaired) electrons. The maximum absolute atomic E-state index is 9.20. The fraction of sp³-hybridized carbons (Fsp3) is 0.222. The van der Waals surface area contributed by atoms with Crippen LogP contribution >= 0.6 is 0 Å². The Balaban J connectivity index is 3.17. The van der Waals surface area contributed by atoms with Gasteiger partial charge in [0.25, 0.3) is 0 Å². The highest BCUT2D eigenvalue weighted by atomic mass is 16.3. The summed E-state index contributed by atoms with van der Waals surface area (Å²) in [5.74, 6) is 0.123. The van der Waals surface area contributed by atoms with Gasteiger partial charge in [0.15, 0.2) is 0 Å². The lowest BCUT2D eigenvalue weighted by atomic mass is 10.2. The third-order valence-electron chi connectivity index (χ3n) is 1.55. The summed E-state index contributed by atoms with van der Waals surface area (Å²) in [5.41, 5.74) is 1.30. The summed E-state index contributed by atoms with van der Waals surface area (Å²) in [6.07, 6.45) is 0. The average Bonchev–Trinajstić information content (AvgIpc) is 2.03. The molecule has 3 nitrogen and oxygen atoms in total. The van der Waals surface area contributed by atoms with Crippen LogP contribution in [-0.4, -0.2) is 19.2 Å². The molecule has 0 unspecified atom stereocenters. The average molecular weight is 162 g/mol. The van der Waals surface area contributed by atoms with Gasteiger partial charge >= 0.3 is 0 Å². The molecule has 1 N–H and O–H groups in total. The van der Waals surface area contributed by atoms with Gasteiger partial charge in [-0.25, -0.2) is 0 Å². The summed E-state index contributed by atoms with van der Waals surface area (Å²) in [7, 11) is 3.71. The molecule has 1 rings (SSSR count). The van der Waals surface area contributed by atoms with E-state index in [-0.39, 0.29) is 5.75 Å². The molecule has 0 atom stereocenters. The van der Waals surface area contributed by atoms with Crippen molar-refractivity contribution >= 4 is 5.69 Å². The van der Waals surface area contributed by atoms with Crippen molar-refractivity contribution in [2.45, 2.75) is 0 Å². The van der Waals surface area contributed by atoms with Crippen LogP contribution in [0.1, 0.15) is 5.56 Å². The summed E-state index contributed by atoms with van der Waals surface area (Å²) in [6.45, 7) is 0. The number of benzene rings is 1. The summed E-state index contributed by atoms with van der Waals surface area (Å²) in [6, 6.07) is 6.75. The molecule has 0 aliphatic heterocycles. The van der Waals surface area contributed by atoms with Gasteiger partial charge in [-0.15, -0.1) is 0 Å². The van der Waals surface area contributed by atoms with E-state index in [0.29, 0.717) is 5.56 Å². The number of phenolic OH excluding ortho intramolecular Hbond substituents is 1. The molecule has 1 aromatic carbocycles. The van der Waals surface area contributed by atoms with Crippen LogP contribution in [0.15, 0.2) is 18.2 Å². The Morgan fingerprint density at radius 2 is 2.00 bits per heavy atom. The Morgan fingerprint density at radius 3 is 2.50 bits per heavy atom. The standard InChI is InChI=1S/C9H10N2O/c1-11(2)8-3-7(6-10)4-9(12)5-8/h3-5,12H,1-2H3. The van der Waals surface area contributed by atoms with Gasteiger partial charge in [0.2, 0.25) is 0 Å². The molecule has 3 heteroatoms. The Kier molecular flexibility index (Phi) is 2.20. The minimum absolute atomic E-state index is 0.123. The van der Waals surface area contributed by atoms with E-state index in [2.05, 4.69) is 0 Å². The van der Waals surface area contributed by atoms with Crippen molar-refractivity contribution in [3.63, 3.8) is 0 Å². The molecule has 0 saturated heterocycles. The Labute approximate surface area is 71.5 Å². The maximum Gasteiger partial charge on any atom is 0.118 e. The minimum atomic E-state index is 0.123. The molecule has 0 fully saturated rings. The van der Waals surface area contributed by atoms with E-state index in [1.807, 2.05) is 25.1 Å². The van der Waals surface area contributed by atoms with E-state index in [1.165, 1.54) is 6.07 Å². The summed E-state index contributed by atoms with van der Waals surface area (Å²) >= 11 is 0. The van der Waals surface area contributed by atoms with Crippen LogP contribution in [0.3, 0.4) is 0 Å². The highest BCUT2D eigenvalue weighted by molar-refractivity contribution is 5.54. The van der Waals surface area contributed by atoms with Crippen molar-refractivity contribution in [3.05, 3.63) is 23.8 Å². The van der Waals surface area contributed by atoms with Gasteiger partial charge in [-0.1, -0.05) is 0 Å². The first-order valence-corrected chi connectivity index (χ1v) is 3.55. The van der Waals surface area contributed by atoms with Gasteiger partial charge in [0.1, 0.15) is 5.75 Å².